The molecule has 0 heterocycles. The number of hydrogen-bond acceptors (Lipinski definition) is 7. The van der Waals surface area contributed by atoms with Crippen LogP contribution in [0.3, 0.4) is 0 Å². The minimum Gasteiger partial charge on any atom is -0.400 e. The number of aliphatic hydroxyl groups excluding tert-OH is 1. The van der Waals surface area contributed by atoms with Crippen LogP contribution < -0.4 is 0 Å². The highest BCUT2D eigenvalue weighted by Crippen LogP contribution is 2.49. The molecule has 0 spiro atoms. The van der Waals surface area contributed by atoms with Crippen LogP contribution in [0.25, 0.3) is 75.4 Å². The van der Waals surface area contributed by atoms with E-state index in [-0.39, 0.29) is 32.6 Å². The van der Waals surface area contributed by atoms with Gasteiger partial charge in [0.05, 0.1) is 14.7 Å². The fourth-order valence-corrected chi connectivity index (χ4v) is 18.3. The fraction of sp³-hybridized carbons (Fsp3) is 0.387. The van der Waals surface area contributed by atoms with Gasteiger partial charge in [0.25, 0.3) is 30.4 Å². The predicted molar refractivity (Wildman–Crippen MR) is 543 cm³/mol. The molecule has 6 aliphatic carbocycles. The average Bonchev–Trinajstić information content (AvgIpc) is 0.689. The van der Waals surface area contributed by atoms with Gasteiger partial charge in [-0.25, -0.2) is 0 Å². The Bertz CT molecular complexity index is 5570. The predicted octanol–water partition coefficient (Wildman–Crippen LogP) is 32.8. The first kappa shape index (κ1) is 105. The Balaban J connectivity index is 0.000000294. The molecule has 0 bridgehead atoms. The smallest absolute Gasteiger partial charge is 0.294 e. The van der Waals surface area contributed by atoms with Crippen LogP contribution in [0.4, 0.5) is 0 Å². The number of allylic oxidation sites excluding steroid dienone is 36. The lowest BCUT2D eigenvalue weighted by atomic mass is 9.68. The molecular weight excluding hydrogens is 1590 g/mol. The van der Waals surface area contributed by atoms with Gasteiger partial charge in [-0.1, -0.05) is 404 Å². The number of unbranched alkanes of at least 4 members (excludes halogenated alkanes) is 16. The zero-order chi connectivity index (χ0) is 88.6. The SMILES string of the molecule is C.C.C/C1=C/C=C/C2=C\C3=C\C=C\C4=CC5CC6C/C=C/C/C(C)=C\C=C\C6C=C5C/C4=C/C=C/C3C=C2C/C=C/C1.C=C/C(=C/C=C(/C=C/CC/C=C/C(=C/CCC)S(=O)(=O)O)S(=O)(=O)O)S(=O)(=O)O.CC.CC.CC.CCCCCCCCCCCCCCCCC.CO.c1cc2ccc3cc4cc5cccc6ccc7cc8cc(c1)c2c3c8c4c7c65. The molecule has 0 radical (unpaired) electrons. The molecule has 8 aromatic carbocycles. The van der Waals surface area contributed by atoms with E-state index in [0.29, 0.717) is 36.5 Å². The molecule has 0 fully saturated rings. The zero-order valence-electron chi connectivity index (χ0n) is 74.9. The Morgan fingerprint density at radius 2 is 0.879 bits per heavy atom. The number of hydrogen-bond donors (Lipinski definition) is 4. The third kappa shape index (κ3) is 30.6. The molecule has 0 saturated carbocycles. The van der Waals surface area contributed by atoms with Crippen molar-refractivity contribution in [3.63, 3.8) is 0 Å². The van der Waals surface area contributed by atoms with E-state index in [9.17, 15) is 29.8 Å². The molecular formula is C111H146O10S3. The van der Waals surface area contributed by atoms with Gasteiger partial charge in [-0.2, -0.15) is 25.3 Å². The first-order chi connectivity index (χ1) is 59.1. The lowest BCUT2D eigenvalue weighted by Crippen LogP contribution is -2.24. The van der Waals surface area contributed by atoms with Crippen molar-refractivity contribution in [3.05, 3.63) is 321 Å². The van der Waals surface area contributed by atoms with E-state index in [0.717, 1.165) is 57.1 Å². The summed E-state index contributed by atoms with van der Waals surface area (Å²) >= 11 is 0. The molecule has 4 unspecified atom stereocenters. The summed E-state index contributed by atoms with van der Waals surface area (Å²) in [5.74, 6) is 2.05. The lowest BCUT2D eigenvalue weighted by Gasteiger charge is -2.36. The van der Waals surface area contributed by atoms with Gasteiger partial charge < -0.3 is 5.11 Å². The molecule has 4 atom stereocenters. The second-order valence-corrected chi connectivity index (χ2v) is 35.8. The molecule has 4 N–H and O–H groups in total. The van der Waals surface area contributed by atoms with Crippen LogP contribution in [0.5, 0.6) is 0 Å². The second-order valence-electron chi connectivity index (χ2n) is 31.5. The van der Waals surface area contributed by atoms with E-state index < -0.39 is 40.2 Å². The Labute approximate surface area is 747 Å². The van der Waals surface area contributed by atoms with Gasteiger partial charge in [0.2, 0.25) is 0 Å². The highest BCUT2D eigenvalue weighted by Gasteiger charge is 2.32. The van der Waals surface area contributed by atoms with Crippen molar-refractivity contribution in [1.82, 2.24) is 0 Å². The molecule has 124 heavy (non-hydrogen) atoms. The zero-order valence-corrected chi connectivity index (χ0v) is 77.4. The van der Waals surface area contributed by atoms with Crippen molar-refractivity contribution in [3.8, 4) is 0 Å². The first-order valence-corrected chi connectivity index (χ1v) is 49.5. The molecule has 668 valence electrons. The van der Waals surface area contributed by atoms with Crippen LogP contribution in [0.15, 0.2) is 321 Å². The summed E-state index contributed by atoms with van der Waals surface area (Å²) < 4.78 is 94.4. The molecule has 0 amide bonds. The molecule has 13 heteroatoms. The average molecular weight is 1740 g/mol. The van der Waals surface area contributed by atoms with Crippen molar-refractivity contribution in [1.29, 1.82) is 0 Å². The van der Waals surface area contributed by atoms with Crippen molar-refractivity contribution in [2.75, 3.05) is 7.11 Å². The third-order valence-electron chi connectivity index (χ3n) is 22.8. The maximum Gasteiger partial charge on any atom is 0.294 e. The van der Waals surface area contributed by atoms with E-state index in [1.54, 1.807) is 5.57 Å². The minimum absolute atomic E-state index is 0. The van der Waals surface area contributed by atoms with Gasteiger partial charge in [-0.3, -0.25) is 13.7 Å². The van der Waals surface area contributed by atoms with E-state index in [1.807, 2.05) is 48.5 Å². The monoisotopic (exact) mass is 1740 g/mol. The first-order valence-electron chi connectivity index (χ1n) is 45.2. The van der Waals surface area contributed by atoms with E-state index >= 15 is 0 Å². The summed E-state index contributed by atoms with van der Waals surface area (Å²) in [6.45, 7) is 26.0. The van der Waals surface area contributed by atoms with Gasteiger partial charge >= 0.3 is 0 Å². The Hall–Kier alpha value is -9.15. The van der Waals surface area contributed by atoms with Crippen LogP contribution in [0.2, 0.25) is 0 Å². The van der Waals surface area contributed by atoms with Crippen LogP contribution in [0.1, 0.15) is 252 Å². The van der Waals surface area contributed by atoms with Crippen LogP contribution in [0, 0.1) is 23.7 Å². The molecule has 0 aromatic heterocycles. The van der Waals surface area contributed by atoms with Crippen molar-refractivity contribution in [2.24, 2.45) is 23.7 Å². The van der Waals surface area contributed by atoms with Crippen molar-refractivity contribution >= 4 is 106 Å². The van der Waals surface area contributed by atoms with Crippen LogP contribution in [-0.2, 0) is 30.4 Å². The van der Waals surface area contributed by atoms with Gasteiger partial charge in [0.1, 0.15) is 0 Å². The molecule has 8 aromatic rings. The van der Waals surface area contributed by atoms with Crippen LogP contribution >= 0.6 is 0 Å². The summed E-state index contributed by atoms with van der Waals surface area (Å²) in [5, 5.41) is 26.3. The van der Waals surface area contributed by atoms with E-state index in [2.05, 4.69) is 241 Å². The normalized spacial score (nSPS) is 21.0. The lowest BCUT2D eigenvalue weighted by molar-refractivity contribution is 0.360. The van der Waals surface area contributed by atoms with Crippen molar-refractivity contribution < 1.29 is 44.0 Å². The number of fused-ring (bicyclic) bond motifs is 5. The summed E-state index contributed by atoms with van der Waals surface area (Å²) in [4.78, 5) is -1.54. The number of aliphatic hydroxyl groups is 1. The quantitative estimate of drug-likeness (QED) is 0.0102. The number of benzene rings is 8. The molecule has 0 saturated heterocycles. The Morgan fingerprint density at radius 3 is 1.39 bits per heavy atom. The maximum absolute atomic E-state index is 11.4. The largest absolute Gasteiger partial charge is 0.400 e. The summed E-state index contributed by atoms with van der Waals surface area (Å²) in [5.41, 5.74) is 11.4. The van der Waals surface area contributed by atoms with E-state index in [1.165, 1.54) is 248 Å². The molecule has 10 nitrogen and oxygen atoms in total. The maximum atomic E-state index is 11.4. The summed E-state index contributed by atoms with van der Waals surface area (Å²) in [6, 6.07) is 32.1. The van der Waals surface area contributed by atoms with Gasteiger partial charge in [-0.15, -0.1) is 0 Å². The topological polar surface area (TPSA) is 183 Å². The molecule has 6 aliphatic rings. The third-order valence-corrected chi connectivity index (χ3v) is 25.5. The van der Waals surface area contributed by atoms with Gasteiger partial charge in [0.15, 0.2) is 0 Å². The second kappa shape index (κ2) is 54.7. The van der Waals surface area contributed by atoms with Gasteiger partial charge in [0, 0.05) is 13.0 Å². The molecule has 14 rings (SSSR count). The number of rotatable bonds is 26. The Kier molecular flexibility index (Phi) is 46.5. The standard InChI is InChI=1S/C40H42.C28H14.C17H24O9S3.C17H36.3C2H6.CH4O.2CH4/c1-29-11-3-5-15-31-23-34-19-9-21-38-28-40-26-36-18-8-14-30(2)12-4-6-16-32(36)25-39(40)27-37(38)22-10-20-35(34)24-33(31)17-7-13-29;1-3-15-7-9-19-14-22-12-18-6-2-4-16-8-10-20-13-21-11-17(5-1)23(15)25(19)27(21)28(22)26(20)24(16)18;1-3-5-10-16(28(21,22)23)11-8-6-7-9-12-17(29(24,25)26)14-13-15(4-2)27(18,19)20;1-3-5-7-9-11-13-15-17-16-14-12-10-8-6-4-2;4*1-2;;/h3-10,13-14,17-24,26-27,32,34,36,39H,11-12,15-16,25,28H2,1-2H3;1-14H;4,8-14H,2-3,5-7H2,1H3,(H,18,19,20)(H,21,22,23)(H,24,25,26);3-17H2,1-2H3;3*1-2H3;2H,1H3;2*1H4/b5-3+,6-4+,17-7+,18-8+,19-9+,22-10+,29-13-,30-14-,35-20-,38-21-;;11-8+,12-9+,15-13-,16-10-,17-14-;;;;;;;. The Morgan fingerprint density at radius 1 is 0.444 bits per heavy atom. The summed E-state index contributed by atoms with van der Waals surface area (Å²) in [7, 11) is -12.6. The molecule has 0 aliphatic heterocycles. The van der Waals surface area contributed by atoms with Crippen LogP contribution in [-0.4, -0.2) is 51.1 Å². The fourth-order valence-electron chi connectivity index (χ4n) is 16.7. The highest BCUT2D eigenvalue weighted by atomic mass is 32.2. The minimum atomic E-state index is -4.67. The summed E-state index contributed by atoms with van der Waals surface area (Å²) in [6.07, 6.45) is 86.2. The highest BCUT2D eigenvalue weighted by molar-refractivity contribution is 7.90. The van der Waals surface area contributed by atoms with Crippen molar-refractivity contribution in [2.45, 2.75) is 252 Å². The van der Waals surface area contributed by atoms with E-state index in [4.69, 9.17) is 14.2 Å². The van der Waals surface area contributed by atoms with Gasteiger partial charge in [-0.05, 0) is 247 Å².